The van der Waals surface area contributed by atoms with Crippen molar-refractivity contribution in [2.24, 2.45) is 0 Å². The molecule has 4 nitrogen and oxygen atoms in total. The minimum Gasteiger partial charge on any atom is -0.488 e. The lowest BCUT2D eigenvalue weighted by Crippen LogP contribution is -2.05. The van der Waals surface area contributed by atoms with Gasteiger partial charge in [0.15, 0.2) is 6.29 Å². The van der Waals surface area contributed by atoms with E-state index in [1.807, 2.05) is 12.1 Å². The Balaban J connectivity index is 2.08. The first-order valence-corrected chi connectivity index (χ1v) is 7.02. The lowest BCUT2D eigenvalue weighted by molar-refractivity contribution is -0.139. The van der Waals surface area contributed by atoms with E-state index < -0.39 is 0 Å². The zero-order valence-electron chi connectivity index (χ0n) is 12.0. The smallest absolute Gasteiger partial charge is 0.309 e. The number of esters is 1. The van der Waals surface area contributed by atoms with Gasteiger partial charge in [-0.2, -0.15) is 0 Å². The van der Waals surface area contributed by atoms with Gasteiger partial charge in [0.2, 0.25) is 0 Å². The first-order chi connectivity index (χ1) is 10.6. The molecular weight excluding hydrogens is 304 g/mol. The number of hydrogen-bond acceptors (Lipinski definition) is 4. The number of halogens is 1. The molecule has 0 atom stereocenters. The van der Waals surface area contributed by atoms with E-state index >= 15 is 0 Å². The van der Waals surface area contributed by atoms with E-state index in [-0.39, 0.29) is 12.4 Å². The second-order valence-corrected chi connectivity index (χ2v) is 5.09. The van der Waals surface area contributed by atoms with Gasteiger partial charge in [-0.25, -0.2) is 0 Å². The average molecular weight is 319 g/mol. The van der Waals surface area contributed by atoms with Crippen molar-refractivity contribution in [3.63, 3.8) is 0 Å². The SMILES string of the molecule is COC(=O)Cc1ccc(OCc2ccc(Cl)cc2)c(C=O)c1. The summed E-state index contributed by atoms with van der Waals surface area (Å²) < 4.78 is 10.3. The van der Waals surface area contributed by atoms with Crippen molar-refractivity contribution in [3.8, 4) is 5.75 Å². The number of benzene rings is 2. The third-order valence-corrected chi connectivity index (χ3v) is 3.34. The number of methoxy groups -OCH3 is 1. The molecule has 0 aliphatic heterocycles. The fraction of sp³-hybridized carbons (Fsp3) is 0.176. The molecule has 2 rings (SSSR count). The van der Waals surface area contributed by atoms with Crippen LogP contribution >= 0.6 is 11.6 Å². The van der Waals surface area contributed by atoms with Crippen molar-refractivity contribution in [3.05, 3.63) is 64.2 Å². The molecule has 0 saturated heterocycles. The summed E-state index contributed by atoms with van der Waals surface area (Å²) >= 11 is 5.82. The van der Waals surface area contributed by atoms with E-state index in [0.717, 1.165) is 5.56 Å². The molecule has 0 fully saturated rings. The molecule has 0 bridgehead atoms. The van der Waals surface area contributed by atoms with Crippen molar-refractivity contribution in [1.82, 2.24) is 0 Å². The normalized spacial score (nSPS) is 10.1. The van der Waals surface area contributed by atoms with E-state index in [0.29, 0.717) is 34.8 Å². The summed E-state index contributed by atoms with van der Waals surface area (Å²) in [5, 5.41) is 0.657. The van der Waals surface area contributed by atoms with Crippen LogP contribution in [-0.4, -0.2) is 19.4 Å². The molecule has 114 valence electrons. The number of carbonyl (C=O) groups excluding carboxylic acids is 2. The van der Waals surface area contributed by atoms with Gasteiger partial charge in [-0.15, -0.1) is 0 Å². The molecule has 0 saturated carbocycles. The van der Waals surface area contributed by atoms with Crippen LogP contribution in [0.5, 0.6) is 5.75 Å². The van der Waals surface area contributed by atoms with Crippen LogP contribution in [-0.2, 0) is 22.6 Å². The maximum Gasteiger partial charge on any atom is 0.309 e. The van der Waals surface area contributed by atoms with E-state index in [9.17, 15) is 9.59 Å². The number of aldehydes is 1. The predicted octanol–water partition coefficient (Wildman–Crippen LogP) is 3.45. The first kappa shape index (κ1) is 16.0. The molecule has 5 heteroatoms. The van der Waals surface area contributed by atoms with Crippen LogP contribution in [0.2, 0.25) is 5.02 Å². The molecule has 22 heavy (non-hydrogen) atoms. The fourth-order valence-corrected chi connectivity index (χ4v) is 2.04. The van der Waals surface area contributed by atoms with Gasteiger partial charge in [0, 0.05) is 5.02 Å². The summed E-state index contributed by atoms with van der Waals surface area (Å²) in [4.78, 5) is 22.4. The van der Waals surface area contributed by atoms with E-state index in [1.165, 1.54) is 7.11 Å². The van der Waals surface area contributed by atoms with Crippen LogP contribution in [0.15, 0.2) is 42.5 Å². The Morgan fingerprint density at radius 3 is 2.45 bits per heavy atom. The van der Waals surface area contributed by atoms with Crippen LogP contribution in [0, 0.1) is 0 Å². The maximum atomic E-state index is 11.3. The van der Waals surface area contributed by atoms with Crippen LogP contribution in [0.25, 0.3) is 0 Å². The van der Waals surface area contributed by atoms with Gasteiger partial charge in [0.1, 0.15) is 12.4 Å². The van der Waals surface area contributed by atoms with Gasteiger partial charge < -0.3 is 9.47 Å². The third-order valence-electron chi connectivity index (χ3n) is 3.08. The first-order valence-electron chi connectivity index (χ1n) is 6.64. The monoisotopic (exact) mass is 318 g/mol. The van der Waals surface area contributed by atoms with Gasteiger partial charge in [-0.3, -0.25) is 9.59 Å². The largest absolute Gasteiger partial charge is 0.488 e. The maximum absolute atomic E-state index is 11.3. The summed E-state index contributed by atoms with van der Waals surface area (Å²) in [6.45, 7) is 0.328. The van der Waals surface area contributed by atoms with Crippen LogP contribution in [0.4, 0.5) is 0 Å². The van der Waals surface area contributed by atoms with Crippen LogP contribution in [0.3, 0.4) is 0 Å². The Bertz CT molecular complexity index is 665. The van der Waals surface area contributed by atoms with Crippen molar-refractivity contribution in [1.29, 1.82) is 0 Å². The predicted molar refractivity (Wildman–Crippen MR) is 83.3 cm³/mol. The van der Waals surface area contributed by atoms with Gasteiger partial charge in [-0.05, 0) is 35.4 Å². The molecule has 0 heterocycles. The van der Waals surface area contributed by atoms with Crippen LogP contribution in [0.1, 0.15) is 21.5 Å². The second kappa shape index (κ2) is 7.61. The highest BCUT2D eigenvalue weighted by Gasteiger charge is 2.08. The fourth-order valence-electron chi connectivity index (χ4n) is 1.91. The number of hydrogen-bond donors (Lipinski definition) is 0. The average Bonchev–Trinajstić information content (AvgIpc) is 2.54. The van der Waals surface area contributed by atoms with Gasteiger partial charge >= 0.3 is 5.97 Å². The second-order valence-electron chi connectivity index (χ2n) is 4.66. The summed E-state index contributed by atoms with van der Waals surface area (Å²) in [5.41, 5.74) is 2.04. The molecule has 0 amide bonds. The zero-order valence-corrected chi connectivity index (χ0v) is 12.8. The quantitative estimate of drug-likeness (QED) is 0.604. The Morgan fingerprint density at radius 2 is 1.82 bits per heavy atom. The molecular formula is C17H15ClO4. The topological polar surface area (TPSA) is 52.6 Å². The molecule has 0 aliphatic rings. The Labute approximate surface area is 133 Å². The highest BCUT2D eigenvalue weighted by Crippen LogP contribution is 2.21. The molecule has 0 aliphatic carbocycles. The minimum atomic E-state index is -0.355. The summed E-state index contributed by atoms with van der Waals surface area (Å²) in [6, 6.07) is 12.3. The number of rotatable bonds is 6. The summed E-state index contributed by atoms with van der Waals surface area (Å²) in [7, 11) is 1.33. The Morgan fingerprint density at radius 1 is 1.14 bits per heavy atom. The Hall–Kier alpha value is -2.33. The Kier molecular flexibility index (Phi) is 5.55. The van der Waals surface area contributed by atoms with Crippen molar-refractivity contribution >= 4 is 23.9 Å². The summed E-state index contributed by atoms with van der Waals surface area (Å²) in [6.07, 6.45) is 0.826. The molecule has 0 unspecified atom stereocenters. The summed E-state index contributed by atoms with van der Waals surface area (Å²) in [5.74, 6) is 0.116. The molecule has 0 radical (unpaired) electrons. The van der Waals surface area contributed by atoms with E-state index in [2.05, 4.69) is 4.74 Å². The molecule has 2 aromatic carbocycles. The van der Waals surface area contributed by atoms with Crippen LogP contribution < -0.4 is 4.74 Å². The van der Waals surface area contributed by atoms with Gasteiger partial charge in [0.25, 0.3) is 0 Å². The van der Waals surface area contributed by atoms with Crippen molar-refractivity contribution in [2.45, 2.75) is 13.0 Å². The van der Waals surface area contributed by atoms with Crippen molar-refractivity contribution in [2.75, 3.05) is 7.11 Å². The van der Waals surface area contributed by atoms with E-state index in [1.54, 1.807) is 30.3 Å². The van der Waals surface area contributed by atoms with Crippen molar-refractivity contribution < 1.29 is 19.1 Å². The van der Waals surface area contributed by atoms with Gasteiger partial charge in [-0.1, -0.05) is 29.8 Å². The third kappa shape index (κ3) is 4.33. The standard InChI is InChI=1S/C17H15ClO4/c1-21-17(20)9-13-4-7-16(14(8-13)10-19)22-11-12-2-5-15(18)6-3-12/h2-8,10H,9,11H2,1H3. The zero-order chi connectivity index (χ0) is 15.9. The minimum absolute atomic E-state index is 0.120. The lowest BCUT2D eigenvalue weighted by atomic mass is 10.1. The number of carbonyl (C=O) groups is 2. The van der Waals surface area contributed by atoms with Gasteiger partial charge in [0.05, 0.1) is 19.1 Å². The molecule has 0 aromatic heterocycles. The number of ether oxygens (including phenoxy) is 2. The highest BCUT2D eigenvalue weighted by molar-refractivity contribution is 6.30. The van der Waals surface area contributed by atoms with E-state index in [4.69, 9.17) is 16.3 Å². The molecule has 0 N–H and O–H groups in total. The highest BCUT2D eigenvalue weighted by atomic mass is 35.5. The lowest BCUT2D eigenvalue weighted by Gasteiger charge is -2.10. The molecule has 2 aromatic rings. The molecule has 0 spiro atoms.